The first kappa shape index (κ1) is 13.5. The summed E-state index contributed by atoms with van der Waals surface area (Å²) >= 11 is 0. The van der Waals surface area contributed by atoms with Gasteiger partial charge in [-0.05, 0) is 30.0 Å². The molecular weight excluding hydrogens is 224 g/mol. The van der Waals surface area contributed by atoms with Crippen LogP contribution in [0.25, 0.3) is 0 Å². The average molecular weight is 248 g/mol. The lowest BCUT2D eigenvalue weighted by atomic mass is 9.93. The van der Waals surface area contributed by atoms with Gasteiger partial charge in [0.15, 0.2) is 0 Å². The van der Waals surface area contributed by atoms with Crippen molar-refractivity contribution in [2.75, 3.05) is 32.8 Å². The highest BCUT2D eigenvalue weighted by molar-refractivity contribution is 5.30. The number of ether oxygens (including phenoxy) is 1. The summed E-state index contributed by atoms with van der Waals surface area (Å²) < 4.78 is 5.40. The van der Waals surface area contributed by atoms with Crippen molar-refractivity contribution in [3.05, 3.63) is 35.4 Å². The van der Waals surface area contributed by atoms with Crippen molar-refractivity contribution < 1.29 is 4.74 Å². The van der Waals surface area contributed by atoms with Crippen molar-refractivity contribution in [1.82, 2.24) is 4.90 Å². The van der Waals surface area contributed by atoms with Crippen molar-refractivity contribution in [2.24, 2.45) is 5.73 Å². The third-order valence-corrected chi connectivity index (χ3v) is 3.68. The first-order valence-electron chi connectivity index (χ1n) is 6.89. The summed E-state index contributed by atoms with van der Waals surface area (Å²) in [5, 5.41) is 0. The van der Waals surface area contributed by atoms with Crippen molar-refractivity contribution in [3.8, 4) is 0 Å². The summed E-state index contributed by atoms with van der Waals surface area (Å²) in [5.41, 5.74) is 8.57. The molecule has 3 nitrogen and oxygen atoms in total. The molecule has 3 heteroatoms. The number of rotatable bonds is 5. The molecule has 1 saturated heterocycles. The van der Waals surface area contributed by atoms with E-state index in [2.05, 4.69) is 36.1 Å². The zero-order valence-electron chi connectivity index (χ0n) is 11.3. The minimum atomic E-state index is 0.548. The number of hydrogen-bond acceptors (Lipinski definition) is 3. The Morgan fingerprint density at radius 3 is 2.72 bits per heavy atom. The van der Waals surface area contributed by atoms with E-state index in [1.807, 2.05) is 0 Å². The summed E-state index contributed by atoms with van der Waals surface area (Å²) in [6, 6.07) is 8.76. The van der Waals surface area contributed by atoms with E-state index < -0.39 is 0 Å². The first-order valence-corrected chi connectivity index (χ1v) is 6.89. The van der Waals surface area contributed by atoms with Gasteiger partial charge < -0.3 is 10.5 Å². The van der Waals surface area contributed by atoms with Gasteiger partial charge in [0.1, 0.15) is 0 Å². The third-order valence-electron chi connectivity index (χ3n) is 3.68. The van der Waals surface area contributed by atoms with E-state index in [1.165, 1.54) is 11.1 Å². The molecule has 2 rings (SSSR count). The van der Waals surface area contributed by atoms with E-state index in [0.717, 1.165) is 45.8 Å². The van der Waals surface area contributed by atoms with Gasteiger partial charge in [-0.15, -0.1) is 0 Å². The summed E-state index contributed by atoms with van der Waals surface area (Å²) in [7, 11) is 0. The van der Waals surface area contributed by atoms with Gasteiger partial charge in [0.05, 0.1) is 13.2 Å². The molecule has 0 bridgehead atoms. The second-order valence-electron chi connectivity index (χ2n) is 5.07. The predicted molar refractivity (Wildman–Crippen MR) is 74.6 cm³/mol. The number of nitrogens with zero attached hydrogens (tertiary/aromatic N) is 1. The Hall–Kier alpha value is -0.900. The maximum absolute atomic E-state index is 5.67. The number of benzene rings is 1. The molecule has 100 valence electrons. The second-order valence-corrected chi connectivity index (χ2v) is 5.07. The van der Waals surface area contributed by atoms with E-state index in [-0.39, 0.29) is 0 Å². The first-order chi connectivity index (χ1) is 8.81. The zero-order valence-corrected chi connectivity index (χ0v) is 11.3. The molecule has 0 spiro atoms. The molecule has 1 aromatic rings. The average Bonchev–Trinajstić information content (AvgIpc) is 2.41. The molecule has 0 radical (unpaired) electrons. The molecule has 0 amide bonds. The number of morpholine rings is 1. The van der Waals surface area contributed by atoms with E-state index in [9.17, 15) is 0 Å². The molecule has 1 atom stereocenters. The smallest absolute Gasteiger partial charge is 0.0594 e. The van der Waals surface area contributed by atoms with E-state index in [4.69, 9.17) is 10.5 Å². The summed E-state index contributed by atoms with van der Waals surface area (Å²) in [6.07, 6.45) is 1.06. The summed E-state index contributed by atoms with van der Waals surface area (Å²) in [4.78, 5) is 2.47. The van der Waals surface area contributed by atoms with Crippen LogP contribution in [0.5, 0.6) is 0 Å². The fraction of sp³-hybridized carbons (Fsp3) is 0.600. The Morgan fingerprint density at radius 1 is 1.28 bits per heavy atom. The lowest BCUT2D eigenvalue weighted by Gasteiger charge is -2.28. The summed E-state index contributed by atoms with van der Waals surface area (Å²) in [5.74, 6) is 0.548. The highest BCUT2D eigenvalue weighted by atomic mass is 16.5. The van der Waals surface area contributed by atoms with Crippen molar-refractivity contribution >= 4 is 0 Å². The molecule has 1 heterocycles. The van der Waals surface area contributed by atoms with E-state index in [1.54, 1.807) is 0 Å². The Morgan fingerprint density at radius 2 is 2.00 bits per heavy atom. The maximum Gasteiger partial charge on any atom is 0.0594 e. The second kappa shape index (κ2) is 6.88. The molecule has 2 N–H and O–H groups in total. The van der Waals surface area contributed by atoms with Gasteiger partial charge in [-0.25, -0.2) is 0 Å². The van der Waals surface area contributed by atoms with Gasteiger partial charge in [0, 0.05) is 19.6 Å². The van der Waals surface area contributed by atoms with Crippen LogP contribution in [0, 0.1) is 0 Å². The topological polar surface area (TPSA) is 38.5 Å². The van der Waals surface area contributed by atoms with Gasteiger partial charge in [-0.2, -0.15) is 0 Å². The minimum Gasteiger partial charge on any atom is -0.379 e. The Labute approximate surface area is 110 Å². The number of hydrogen-bond donors (Lipinski definition) is 1. The fourth-order valence-electron chi connectivity index (χ4n) is 2.56. The Kier molecular flexibility index (Phi) is 5.17. The molecule has 18 heavy (non-hydrogen) atoms. The van der Waals surface area contributed by atoms with Crippen LogP contribution in [0.1, 0.15) is 30.4 Å². The minimum absolute atomic E-state index is 0.548. The highest BCUT2D eigenvalue weighted by Gasteiger charge is 2.14. The molecule has 0 aliphatic carbocycles. The Bertz CT molecular complexity index is 361. The largest absolute Gasteiger partial charge is 0.379 e. The van der Waals surface area contributed by atoms with Crippen LogP contribution in [0.2, 0.25) is 0 Å². The normalized spacial score (nSPS) is 18.8. The van der Waals surface area contributed by atoms with Crippen LogP contribution in [0.3, 0.4) is 0 Å². The van der Waals surface area contributed by atoms with E-state index in [0.29, 0.717) is 5.92 Å². The molecular formula is C15H24N2O. The van der Waals surface area contributed by atoms with E-state index >= 15 is 0 Å². The van der Waals surface area contributed by atoms with Gasteiger partial charge in [-0.1, -0.05) is 31.2 Å². The number of nitrogens with two attached hydrogens (primary N) is 1. The van der Waals surface area contributed by atoms with Crippen LogP contribution in [-0.4, -0.2) is 37.7 Å². The third kappa shape index (κ3) is 3.55. The Balaban J connectivity index is 2.06. The van der Waals surface area contributed by atoms with Crippen LogP contribution in [-0.2, 0) is 11.3 Å². The lowest BCUT2D eigenvalue weighted by molar-refractivity contribution is 0.0340. The highest BCUT2D eigenvalue weighted by Crippen LogP contribution is 2.23. The van der Waals surface area contributed by atoms with Gasteiger partial charge in [0.25, 0.3) is 0 Å². The van der Waals surface area contributed by atoms with Gasteiger partial charge in [-0.3, -0.25) is 4.90 Å². The molecule has 0 saturated carbocycles. The molecule has 1 aliphatic rings. The predicted octanol–water partition coefficient (Wildman–Crippen LogP) is 1.97. The molecule has 1 aliphatic heterocycles. The molecule has 1 fully saturated rings. The van der Waals surface area contributed by atoms with Crippen LogP contribution in [0.15, 0.2) is 24.3 Å². The summed E-state index contributed by atoms with van der Waals surface area (Å²) in [6.45, 7) is 7.87. The van der Waals surface area contributed by atoms with Crippen molar-refractivity contribution in [2.45, 2.75) is 25.8 Å². The van der Waals surface area contributed by atoms with Crippen molar-refractivity contribution in [3.63, 3.8) is 0 Å². The standard InChI is InChI=1S/C15H24N2O/c1-13(6-7-16)15-5-3-2-4-14(15)12-17-8-10-18-11-9-17/h2-5,13H,6-12,16H2,1H3. The van der Waals surface area contributed by atoms with Crippen LogP contribution in [0.4, 0.5) is 0 Å². The SMILES string of the molecule is CC(CCN)c1ccccc1CN1CCOCC1. The lowest BCUT2D eigenvalue weighted by Crippen LogP contribution is -2.35. The van der Waals surface area contributed by atoms with Crippen molar-refractivity contribution in [1.29, 1.82) is 0 Å². The molecule has 0 aromatic heterocycles. The zero-order chi connectivity index (χ0) is 12.8. The molecule has 1 unspecified atom stereocenters. The maximum atomic E-state index is 5.67. The molecule has 1 aromatic carbocycles. The van der Waals surface area contributed by atoms with Crippen LogP contribution < -0.4 is 5.73 Å². The van der Waals surface area contributed by atoms with Crippen LogP contribution >= 0.6 is 0 Å². The monoisotopic (exact) mass is 248 g/mol. The van der Waals surface area contributed by atoms with Gasteiger partial charge in [0.2, 0.25) is 0 Å². The fourth-order valence-corrected chi connectivity index (χ4v) is 2.56. The van der Waals surface area contributed by atoms with Gasteiger partial charge >= 0.3 is 0 Å². The quantitative estimate of drug-likeness (QED) is 0.866.